The first-order valence-corrected chi connectivity index (χ1v) is 8.31. The first kappa shape index (κ1) is 16.7. The lowest BCUT2D eigenvalue weighted by atomic mass is 10.3. The van der Waals surface area contributed by atoms with E-state index in [1.807, 2.05) is 12.1 Å². The molecule has 0 spiro atoms. The summed E-state index contributed by atoms with van der Waals surface area (Å²) in [5, 5.41) is 12.0. The molecule has 0 radical (unpaired) electrons. The van der Waals surface area contributed by atoms with Crippen molar-refractivity contribution in [2.75, 3.05) is 5.75 Å². The second-order valence-electron chi connectivity index (χ2n) is 5.13. The van der Waals surface area contributed by atoms with Gasteiger partial charge in [-0.05, 0) is 29.0 Å². The Labute approximate surface area is 146 Å². The number of aromatic nitrogens is 3. The number of hydrogen-bond acceptors (Lipinski definition) is 6. The van der Waals surface area contributed by atoms with Gasteiger partial charge in [-0.2, -0.15) is 5.26 Å². The minimum Gasteiger partial charge on any atom is -0.286 e. The molecule has 0 aliphatic carbocycles. The molecule has 25 heavy (non-hydrogen) atoms. The van der Waals surface area contributed by atoms with Gasteiger partial charge in [-0.25, -0.2) is 9.78 Å². The van der Waals surface area contributed by atoms with Gasteiger partial charge < -0.3 is 0 Å². The topological polar surface area (TPSA) is 104 Å². The van der Waals surface area contributed by atoms with Gasteiger partial charge in [-0.1, -0.05) is 30.0 Å². The highest BCUT2D eigenvalue weighted by Crippen LogP contribution is 2.21. The van der Waals surface area contributed by atoms with Crippen molar-refractivity contribution < 1.29 is 14.0 Å². The first-order chi connectivity index (χ1) is 12.1. The van der Waals surface area contributed by atoms with Gasteiger partial charge in [0.15, 0.2) is 0 Å². The van der Waals surface area contributed by atoms with Crippen molar-refractivity contribution in [3.63, 3.8) is 0 Å². The fraction of sp³-hybridized carbons (Fsp3) is 0.118. The molecule has 124 valence electrons. The van der Waals surface area contributed by atoms with Crippen LogP contribution in [-0.4, -0.2) is 21.8 Å². The van der Waals surface area contributed by atoms with E-state index in [2.05, 4.69) is 10.3 Å². The third-order valence-electron chi connectivity index (χ3n) is 3.39. The van der Waals surface area contributed by atoms with Crippen LogP contribution < -0.4 is 10.3 Å². The minimum atomic E-state index is -0.743. The number of para-hydroxylation sites is 1. The lowest BCUT2D eigenvalue weighted by Gasteiger charge is -2.02. The number of ketones is 1. The summed E-state index contributed by atoms with van der Waals surface area (Å²) in [6.07, 6.45) is 0. The van der Waals surface area contributed by atoms with E-state index < -0.39 is 11.4 Å². The summed E-state index contributed by atoms with van der Waals surface area (Å²) in [6, 6.07) is 14.3. The van der Waals surface area contributed by atoms with Crippen LogP contribution in [-0.2, 0) is 0 Å². The predicted molar refractivity (Wildman–Crippen MR) is 89.6 cm³/mol. The number of nitrogens with zero attached hydrogens (tertiary/aromatic N) is 3. The first-order valence-electron chi connectivity index (χ1n) is 7.33. The molecule has 0 atom stereocenters. The number of rotatable bonds is 5. The largest absolute Gasteiger partial charge is 0.438 e. The molecular formula is C17H13N4O3S+. The summed E-state index contributed by atoms with van der Waals surface area (Å²) in [5.41, 5.74) is 0.889. The van der Waals surface area contributed by atoms with Crippen molar-refractivity contribution in [3.8, 4) is 11.8 Å². The normalized spacial score (nSPS) is 10.4. The van der Waals surface area contributed by atoms with E-state index in [4.69, 9.17) is 9.78 Å². The maximum Gasteiger partial charge on any atom is 0.438 e. The summed E-state index contributed by atoms with van der Waals surface area (Å²) in [7, 11) is 0. The molecule has 1 N–H and O–H groups in total. The van der Waals surface area contributed by atoms with Crippen LogP contribution in [0.15, 0.2) is 56.8 Å². The van der Waals surface area contributed by atoms with Crippen LogP contribution in [0.5, 0.6) is 0 Å². The zero-order valence-electron chi connectivity index (χ0n) is 13.2. The van der Waals surface area contributed by atoms with Crippen LogP contribution in [0, 0.1) is 18.3 Å². The van der Waals surface area contributed by atoms with E-state index >= 15 is 0 Å². The lowest BCUT2D eigenvalue weighted by Crippen LogP contribution is -2.41. The van der Waals surface area contributed by atoms with Crippen molar-refractivity contribution in [2.24, 2.45) is 0 Å². The Bertz CT molecular complexity index is 1020. The Morgan fingerprint density at radius 2 is 2.08 bits per heavy atom. The number of hydrogen-bond donors (Lipinski definition) is 1. The van der Waals surface area contributed by atoms with E-state index in [-0.39, 0.29) is 11.4 Å². The van der Waals surface area contributed by atoms with Crippen molar-refractivity contribution in [3.05, 3.63) is 69.8 Å². The monoisotopic (exact) mass is 353 g/mol. The third kappa shape index (κ3) is 3.51. The van der Waals surface area contributed by atoms with Crippen LogP contribution in [0.4, 0.5) is 0 Å². The third-order valence-corrected chi connectivity index (χ3v) is 4.38. The van der Waals surface area contributed by atoms with Gasteiger partial charge >= 0.3 is 11.3 Å². The number of carbonyl (C=O) groups is 1. The van der Waals surface area contributed by atoms with E-state index in [1.165, 1.54) is 4.68 Å². The number of nitrogens with one attached hydrogen (secondary N) is 1. The van der Waals surface area contributed by atoms with Crippen molar-refractivity contribution in [1.29, 1.82) is 5.26 Å². The number of pyridine rings is 1. The maximum absolute atomic E-state index is 12.5. The molecule has 7 nitrogen and oxygen atoms in total. The number of nitriles is 1. The van der Waals surface area contributed by atoms with Crippen LogP contribution in [0.25, 0.3) is 5.69 Å². The zero-order chi connectivity index (χ0) is 17.8. The molecule has 0 aliphatic rings. The molecule has 2 heterocycles. The van der Waals surface area contributed by atoms with Crippen molar-refractivity contribution in [1.82, 2.24) is 10.3 Å². The highest BCUT2D eigenvalue weighted by Gasteiger charge is 2.30. The van der Waals surface area contributed by atoms with Gasteiger partial charge in [0.1, 0.15) is 11.1 Å². The standard InChI is InChI=1S/C17H12N4O3S/c1-11-7-8-12(9-18)16(19-11)25-10-14(22)15-17(23)24-20-21(15)13-5-3-2-4-6-13/h2-8H,10H2,1H3/p+1. The summed E-state index contributed by atoms with van der Waals surface area (Å²) in [6.45, 7) is 1.80. The number of benzene rings is 1. The summed E-state index contributed by atoms with van der Waals surface area (Å²) < 4.78 is 6.08. The Morgan fingerprint density at radius 1 is 1.32 bits per heavy atom. The SMILES string of the molecule is Cc1ccc(C#N)c(SCC(=O)c2c(=O)o[nH][n+]2-c2ccccc2)n1. The zero-order valence-corrected chi connectivity index (χ0v) is 14.0. The van der Waals surface area contributed by atoms with Crippen molar-refractivity contribution >= 4 is 17.5 Å². The molecule has 0 aliphatic heterocycles. The van der Waals surface area contributed by atoms with E-state index in [0.29, 0.717) is 16.3 Å². The van der Waals surface area contributed by atoms with E-state index in [9.17, 15) is 9.59 Å². The number of aromatic amines is 1. The highest BCUT2D eigenvalue weighted by molar-refractivity contribution is 8.00. The summed E-state index contributed by atoms with van der Waals surface area (Å²) >= 11 is 1.11. The van der Waals surface area contributed by atoms with Crippen LogP contribution in [0.3, 0.4) is 0 Å². The molecule has 2 aromatic heterocycles. The van der Waals surface area contributed by atoms with Gasteiger partial charge in [0.2, 0.25) is 11.5 Å². The van der Waals surface area contributed by atoms with Gasteiger partial charge in [0.05, 0.1) is 11.3 Å². The Hall–Kier alpha value is -3.18. The number of Topliss-reactive ketones (excluding diaryl/α,β-unsaturated/α-hetero) is 1. The highest BCUT2D eigenvalue weighted by atomic mass is 32.2. The van der Waals surface area contributed by atoms with Crippen LogP contribution in [0.1, 0.15) is 21.7 Å². The van der Waals surface area contributed by atoms with Crippen LogP contribution in [0.2, 0.25) is 0 Å². The smallest absolute Gasteiger partial charge is 0.286 e. The molecule has 3 rings (SSSR count). The number of H-pyrrole nitrogens is 1. The molecule has 0 saturated heterocycles. The molecular weight excluding hydrogens is 340 g/mol. The molecule has 0 fully saturated rings. The fourth-order valence-corrected chi connectivity index (χ4v) is 3.08. The molecule has 0 bridgehead atoms. The maximum atomic E-state index is 12.5. The Balaban J connectivity index is 1.86. The molecule has 8 heteroatoms. The second kappa shape index (κ2) is 7.15. The quantitative estimate of drug-likeness (QED) is 0.426. The predicted octanol–water partition coefficient (Wildman–Crippen LogP) is 1.79. The second-order valence-corrected chi connectivity index (χ2v) is 6.09. The summed E-state index contributed by atoms with van der Waals surface area (Å²) in [4.78, 5) is 28.7. The number of carbonyl (C=O) groups excluding carboxylic acids is 1. The van der Waals surface area contributed by atoms with E-state index in [1.54, 1.807) is 43.3 Å². The number of thioether (sulfide) groups is 1. The lowest BCUT2D eigenvalue weighted by molar-refractivity contribution is -0.672. The van der Waals surface area contributed by atoms with E-state index in [0.717, 1.165) is 17.5 Å². The van der Waals surface area contributed by atoms with Crippen LogP contribution >= 0.6 is 11.8 Å². The Kier molecular flexibility index (Phi) is 4.77. The Morgan fingerprint density at radius 3 is 2.80 bits per heavy atom. The fourth-order valence-electron chi connectivity index (χ4n) is 2.20. The summed E-state index contributed by atoms with van der Waals surface area (Å²) in [5.74, 6) is -0.461. The average Bonchev–Trinajstić information content (AvgIpc) is 3.02. The molecule has 0 saturated carbocycles. The molecule has 1 aromatic carbocycles. The van der Waals surface area contributed by atoms with Gasteiger partial charge in [-0.15, -0.1) is 0 Å². The molecule has 0 amide bonds. The van der Waals surface area contributed by atoms with Crippen molar-refractivity contribution in [2.45, 2.75) is 11.9 Å². The number of aryl methyl sites for hydroxylation is 1. The molecule has 3 aromatic rings. The average molecular weight is 353 g/mol. The molecule has 0 unspecified atom stereocenters. The van der Waals surface area contributed by atoms with Gasteiger partial charge in [0, 0.05) is 17.8 Å². The van der Waals surface area contributed by atoms with Gasteiger partial charge in [-0.3, -0.25) is 9.32 Å². The van der Waals surface area contributed by atoms with Gasteiger partial charge in [0.25, 0.3) is 0 Å². The minimum absolute atomic E-state index is 0.0411.